The van der Waals surface area contributed by atoms with E-state index in [0.717, 1.165) is 21.4 Å². The smallest absolute Gasteiger partial charge is 0.243 e. The van der Waals surface area contributed by atoms with E-state index in [1.165, 1.54) is 11.1 Å². The molecule has 0 saturated carbocycles. The predicted molar refractivity (Wildman–Crippen MR) is 91.9 cm³/mol. The maximum atomic E-state index is 12.0. The molecule has 0 aromatic heterocycles. The van der Waals surface area contributed by atoms with E-state index in [2.05, 4.69) is 32.6 Å². The summed E-state index contributed by atoms with van der Waals surface area (Å²) in [4.78, 5) is 12.0. The summed E-state index contributed by atoms with van der Waals surface area (Å²) in [6.07, 6.45) is 0. The molecule has 2 rings (SSSR count). The lowest BCUT2D eigenvalue weighted by Gasteiger charge is -2.11. The highest BCUT2D eigenvalue weighted by Crippen LogP contribution is 2.23. The quantitative estimate of drug-likeness (QED) is 0.859. The van der Waals surface area contributed by atoms with Crippen LogP contribution in [0.4, 0.5) is 11.4 Å². The lowest BCUT2D eigenvalue weighted by atomic mass is 10.1. The molecule has 0 aliphatic heterocycles. The van der Waals surface area contributed by atoms with Gasteiger partial charge < -0.3 is 10.6 Å². The van der Waals surface area contributed by atoms with Gasteiger partial charge in [-0.1, -0.05) is 23.8 Å². The van der Waals surface area contributed by atoms with Crippen LogP contribution in [-0.2, 0) is 4.79 Å². The summed E-state index contributed by atoms with van der Waals surface area (Å²) in [6.45, 7) is 6.29. The van der Waals surface area contributed by atoms with Gasteiger partial charge in [-0.2, -0.15) is 0 Å². The Bertz CT molecular complexity index is 668. The van der Waals surface area contributed by atoms with Crippen LogP contribution >= 0.6 is 15.9 Å². The standard InChI is InChI=1S/C17H19BrN2O/c1-11-4-6-15(13(3)8-11)20-17(21)10-19-16-7-5-12(2)9-14(16)18/h4-9,19H,10H2,1-3H3,(H,20,21). The van der Waals surface area contributed by atoms with Gasteiger partial charge in [-0.25, -0.2) is 0 Å². The van der Waals surface area contributed by atoms with Gasteiger partial charge in [0.15, 0.2) is 0 Å². The molecular formula is C17H19BrN2O. The number of carbonyl (C=O) groups is 1. The zero-order chi connectivity index (χ0) is 15.4. The first-order valence-electron chi connectivity index (χ1n) is 6.83. The maximum Gasteiger partial charge on any atom is 0.243 e. The normalized spacial score (nSPS) is 10.3. The summed E-state index contributed by atoms with van der Waals surface area (Å²) in [5.74, 6) is -0.0607. The second kappa shape index (κ2) is 6.76. The first-order chi connectivity index (χ1) is 9.95. The van der Waals surface area contributed by atoms with Crippen LogP contribution in [0.15, 0.2) is 40.9 Å². The second-order valence-electron chi connectivity index (χ2n) is 5.20. The molecule has 4 heteroatoms. The van der Waals surface area contributed by atoms with E-state index in [9.17, 15) is 4.79 Å². The monoisotopic (exact) mass is 346 g/mol. The molecule has 0 bridgehead atoms. The number of carbonyl (C=O) groups excluding carboxylic acids is 1. The third-order valence-corrected chi connectivity index (χ3v) is 3.88. The van der Waals surface area contributed by atoms with E-state index in [1.807, 2.05) is 51.1 Å². The third-order valence-electron chi connectivity index (χ3n) is 3.22. The molecule has 110 valence electrons. The van der Waals surface area contributed by atoms with Gasteiger partial charge in [0.25, 0.3) is 0 Å². The molecule has 0 heterocycles. The number of anilines is 2. The minimum Gasteiger partial charge on any atom is -0.375 e. The molecule has 0 atom stereocenters. The summed E-state index contributed by atoms with van der Waals surface area (Å²) >= 11 is 3.49. The molecule has 2 aromatic carbocycles. The Morgan fingerprint density at radius 1 is 1.00 bits per heavy atom. The van der Waals surface area contributed by atoms with E-state index in [0.29, 0.717) is 0 Å². The van der Waals surface area contributed by atoms with Crippen molar-refractivity contribution in [3.63, 3.8) is 0 Å². The van der Waals surface area contributed by atoms with Crippen molar-refractivity contribution in [2.24, 2.45) is 0 Å². The first kappa shape index (κ1) is 15.6. The molecule has 0 aliphatic carbocycles. The van der Waals surface area contributed by atoms with Crippen LogP contribution in [0.5, 0.6) is 0 Å². The number of aryl methyl sites for hydroxylation is 3. The predicted octanol–water partition coefficient (Wildman–Crippen LogP) is 4.42. The zero-order valence-electron chi connectivity index (χ0n) is 12.5. The van der Waals surface area contributed by atoms with Crippen molar-refractivity contribution in [3.05, 3.63) is 57.6 Å². The number of hydrogen-bond donors (Lipinski definition) is 2. The second-order valence-corrected chi connectivity index (χ2v) is 6.06. The summed E-state index contributed by atoms with van der Waals surface area (Å²) < 4.78 is 0.960. The zero-order valence-corrected chi connectivity index (χ0v) is 14.0. The maximum absolute atomic E-state index is 12.0. The van der Waals surface area contributed by atoms with E-state index in [4.69, 9.17) is 0 Å². The van der Waals surface area contributed by atoms with Crippen LogP contribution in [0.2, 0.25) is 0 Å². The highest BCUT2D eigenvalue weighted by molar-refractivity contribution is 9.10. The van der Waals surface area contributed by atoms with E-state index >= 15 is 0 Å². The van der Waals surface area contributed by atoms with Gasteiger partial charge in [0.1, 0.15) is 0 Å². The summed E-state index contributed by atoms with van der Waals surface area (Å²) in [5, 5.41) is 6.05. The number of halogens is 1. The molecule has 2 aromatic rings. The van der Waals surface area contributed by atoms with E-state index in [1.54, 1.807) is 0 Å². The molecule has 0 unspecified atom stereocenters. The Hall–Kier alpha value is -1.81. The van der Waals surface area contributed by atoms with Crippen LogP contribution in [0.1, 0.15) is 16.7 Å². The Morgan fingerprint density at radius 3 is 2.24 bits per heavy atom. The van der Waals surface area contributed by atoms with Gasteiger partial charge in [-0.3, -0.25) is 4.79 Å². The number of amides is 1. The molecule has 0 aliphatic rings. The molecule has 21 heavy (non-hydrogen) atoms. The fourth-order valence-corrected chi connectivity index (χ4v) is 2.72. The van der Waals surface area contributed by atoms with Crippen molar-refractivity contribution < 1.29 is 4.79 Å². The van der Waals surface area contributed by atoms with Crippen LogP contribution in [0, 0.1) is 20.8 Å². The molecule has 3 nitrogen and oxygen atoms in total. The highest BCUT2D eigenvalue weighted by Gasteiger charge is 2.06. The van der Waals surface area contributed by atoms with Gasteiger partial charge in [0, 0.05) is 15.8 Å². The number of hydrogen-bond acceptors (Lipinski definition) is 2. The molecule has 0 saturated heterocycles. The number of nitrogens with one attached hydrogen (secondary N) is 2. The van der Waals surface area contributed by atoms with Crippen molar-refractivity contribution >= 4 is 33.2 Å². The molecule has 0 radical (unpaired) electrons. The lowest BCUT2D eigenvalue weighted by molar-refractivity contribution is -0.114. The average molecular weight is 347 g/mol. The Kier molecular flexibility index (Phi) is 5.02. The summed E-state index contributed by atoms with van der Waals surface area (Å²) in [6, 6.07) is 12.0. The van der Waals surface area contributed by atoms with E-state index < -0.39 is 0 Å². The molecule has 1 amide bonds. The van der Waals surface area contributed by atoms with Crippen LogP contribution in [-0.4, -0.2) is 12.5 Å². The molecule has 2 N–H and O–H groups in total. The SMILES string of the molecule is Cc1ccc(NC(=O)CNc2ccc(C)cc2Br)c(C)c1. The van der Waals surface area contributed by atoms with Crippen molar-refractivity contribution in [1.82, 2.24) is 0 Å². The minimum atomic E-state index is -0.0607. The fraction of sp³-hybridized carbons (Fsp3) is 0.235. The van der Waals surface area contributed by atoms with Crippen LogP contribution in [0.3, 0.4) is 0 Å². The first-order valence-corrected chi connectivity index (χ1v) is 7.62. The van der Waals surface area contributed by atoms with Gasteiger partial charge >= 0.3 is 0 Å². The van der Waals surface area contributed by atoms with Crippen LogP contribution in [0.25, 0.3) is 0 Å². The van der Waals surface area contributed by atoms with Gasteiger partial charge in [0.2, 0.25) is 5.91 Å². The largest absolute Gasteiger partial charge is 0.375 e. The van der Waals surface area contributed by atoms with Gasteiger partial charge in [-0.05, 0) is 66.0 Å². The van der Waals surface area contributed by atoms with Crippen molar-refractivity contribution in [2.75, 3.05) is 17.2 Å². The van der Waals surface area contributed by atoms with Crippen LogP contribution < -0.4 is 10.6 Å². The van der Waals surface area contributed by atoms with Crippen molar-refractivity contribution in [2.45, 2.75) is 20.8 Å². The van der Waals surface area contributed by atoms with Gasteiger partial charge in [0.05, 0.1) is 6.54 Å². The lowest BCUT2D eigenvalue weighted by Crippen LogP contribution is -2.22. The van der Waals surface area contributed by atoms with Crippen molar-refractivity contribution in [1.29, 1.82) is 0 Å². The number of rotatable bonds is 4. The summed E-state index contributed by atoms with van der Waals surface area (Å²) in [5.41, 5.74) is 5.20. The third kappa shape index (κ3) is 4.33. The molecule has 0 spiro atoms. The molecule has 0 fully saturated rings. The van der Waals surface area contributed by atoms with Crippen molar-refractivity contribution in [3.8, 4) is 0 Å². The Morgan fingerprint density at radius 2 is 1.62 bits per heavy atom. The average Bonchev–Trinajstić information content (AvgIpc) is 2.41. The fourth-order valence-electron chi connectivity index (χ4n) is 2.09. The van der Waals surface area contributed by atoms with E-state index in [-0.39, 0.29) is 12.5 Å². The summed E-state index contributed by atoms with van der Waals surface area (Å²) in [7, 11) is 0. The minimum absolute atomic E-state index is 0.0607. The highest BCUT2D eigenvalue weighted by atomic mass is 79.9. The molecular weight excluding hydrogens is 328 g/mol. The van der Waals surface area contributed by atoms with Gasteiger partial charge in [-0.15, -0.1) is 0 Å². The topological polar surface area (TPSA) is 41.1 Å². The Balaban J connectivity index is 1.96. The Labute approximate surface area is 133 Å². The number of benzene rings is 2.